The molecule has 2 amide bonds. The van der Waals surface area contributed by atoms with Crippen LogP contribution >= 0.6 is 0 Å². The maximum atomic E-state index is 13.1. The van der Waals surface area contributed by atoms with Crippen LogP contribution in [0.2, 0.25) is 0 Å². The zero-order chi connectivity index (χ0) is 17.9. The van der Waals surface area contributed by atoms with Crippen LogP contribution in [0.1, 0.15) is 39.0 Å². The van der Waals surface area contributed by atoms with Crippen molar-refractivity contribution >= 4 is 17.5 Å². The Morgan fingerprint density at radius 1 is 1.24 bits per heavy atom. The van der Waals surface area contributed by atoms with Crippen LogP contribution in [0.25, 0.3) is 0 Å². The molecule has 136 valence electrons. The number of amides is 2. The molecular weight excluding hydrogens is 323 g/mol. The van der Waals surface area contributed by atoms with Crippen molar-refractivity contribution in [3.63, 3.8) is 0 Å². The number of carbonyl (C=O) groups is 2. The van der Waals surface area contributed by atoms with Crippen molar-refractivity contribution in [3.8, 4) is 0 Å². The third-order valence-electron chi connectivity index (χ3n) is 5.16. The maximum absolute atomic E-state index is 13.1. The highest BCUT2D eigenvalue weighted by Crippen LogP contribution is 2.33. The fraction of sp³-hybridized carbons (Fsp3) is 0.579. The van der Waals surface area contributed by atoms with Crippen LogP contribution in [0.15, 0.2) is 24.3 Å². The molecule has 0 saturated carbocycles. The van der Waals surface area contributed by atoms with Gasteiger partial charge in [0.25, 0.3) is 5.91 Å². The van der Waals surface area contributed by atoms with Gasteiger partial charge < -0.3 is 14.5 Å². The Hall–Kier alpha value is -1.95. The molecule has 0 atom stereocenters. The first kappa shape index (κ1) is 17.9. The van der Waals surface area contributed by atoms with E-state index in [2.05, 4.69) is 6.92 Å². The van der Waals surface area contributed by atoms with Crippen molar-refractivity contribution in [2.45, 2.75) is 44.6 Å². The normalized spacial score (nSPS) is 20.2. The first-order valence-electron chi connectivity index (χ1n) is 9.01. The summed E-state index contributed by atoms with van der Waals surface area (Å²) in [6.07, 6.45) is 3.97. The average molecular weight is 348 g/mol. The lowest BCUT2D eigenvalue weighted by molar-refractivity contribution is -0.150. The van der Waals surface area contributed by atoms with Crippen molar-refractivity contribution in [1.29, 1.82) is 0 Å². The van der Waals surface area contributed by atoms with E-state index in [1.165, 1.54) is 12.1 Å². The van der Waals surface area contributed by atoms with Gasteiger partial charge in [-0.1, -0.05) is 13.3 Å². The minimum Gasteiger partial charge on any atom is -0.363 e. The van der Waals surface area contributed by atoms with Gasteiger partial charge >= 0.3 is 0 Å². The smallest absolute Gasteiger partial charge is 0.253 e. The second-order valence-electron chi connectivity index (χ2n) is 6.91. The van der Waals surface area contributed by atoms with E-state index in [-0.39, 0.29) is 24.2 Å². The number of unbranched alkanes of at least 4 members (excludes halogenated alkanes) is 1. The molecule has 25 heavy (non-hydrogen) atoms. The molecule has 6 heteroatoms. The Morgan fingerprint density at radius 2 is 1.92 bits per heavy atom. The Morgan fingerprint density at radius 3 is 2.56 bits per heavy atom. The number of nitrogens with zero attached hydrogens (tertiary/aromatic N) is 2. The number of rotatable bonds is 4. The van der Waals surface area contributed by atoms with E-state index in [1.807, 2.05) is 4.90 Å². The number of halogens is 1. The van der Waals surface area contributed by atoms with Crippen molar-refractivity contribution in [3.05, 3.63) is 30.1 Å². The number of piperidine rings is 1. The van der Waals surface area contributed by atoms with Gasteiger partial charge in [-0.2, -0.15) is 0 Å². The van der Waals surface area contributed by atoms with Crippen LogP contribution in [0, 0.1) is 5.82 Å². The molecule has 0 aromatic heterocycles. The van der Waals surface area contributed by atoms with Gasteiger partial charge in [-0.05, 0) is 43.5 Å². The quantitative estimate of drug-likeness (QED) is 0.841. The second-order valence-corrected chi connectivity index (χ2v) is 6.91. The third kappa shape index (κ3) is 4.00. The number of carbonyl (C=O) groups excluding carboxylic acids is 2. The molecule has 2 fully saturated rings. The van der Waals surface area contributed by atoms with Gasteiger partial charge in [0.1, 0.15) is 12.4 Å². The van der Waals surface area contributed by atoms with Crippen molar-refractivity contribution in [2.24, 2.45) is 0 Å². The number of benzene rings is 1. The Bertz CT molecular complexity index is 624. The van der Waals surface area contributed by atoms with Gasteiger partial charge in [-0.15, -0.1) is 0 Å². The zero-order valence-electron chi connectivity index (χ0n) is 14.7. The van der Waals surface area contributed by atoms with Crippen molar-refractivity contribution in [2.75, 3.05) is 31.1 Å². The second kappa shape index (κ2) is 7.52. The summed E-state index contributed by atoms with van der Waals surface area (Å²) in [6, 6.07) is 5.96. The first-order valence-corrected chi connectivity index (χ1v) is 9.01. The van der Waals surface area contributed by atoms with Crippen LogP contribution in [-0.4, -0.2) is 48.6 Å². The largest absolute Gasteiger partial charge is 0.363 e. The first-order chi connectivity index (χ1) is 12.0. The van der Waals surface area contributed by atoms with Crippen LogP contribution in [-0.2, 0) is 14.3 Å². The number of hydrogen-bond donors (Lipinski definition) is 0. The molecule has 2 heterocycles. The minimum atomic E-state index is -0.413. The molecule has 1 aromatic carbocycles. The predicted octanol–water partition coefficient (Wildman–Crippen LogP) is 2.74. The van der Waals surface area contributed by atoms with E-state index in [9.17, 15) is 14.0 Å². The number of hydrogen-bond acceptors (Lipinski definition) is 3. The molecule has 0 unspecified atom stereocenters. The Balaban J connectivity index is 1.64. The SMILES string of the molecule is CCCCC(=O)N1CCC2(CC1)CN(c1ccc(F)cc1)C(=O)CO2. The lowest BCUT2D eigenvalue weighted by Gasteiger charge is -2.47. The lowest BCUT2D eigenvalue weighted by Crippen LogP contribution is -2.59. The molecule has 0 bridgehead atoms. The zero-order valence-corrected chi connectivity index (χ0v) is 14.7. The van der Waals surface area contributed by atoms with Crippen LogP contribution < -0.4 is 4.90 Å². The van der Waals surface area contributed by atoms with E-state index in [4.69, 9.17) is 4.74 Å². The summed E-state index contributed by atoms with van der Waals surface area (Å²) in [5, 5.41) is 0. The topological polar surface area (TPSA) is 49.9 Å². The van der Waals surface area contributed by atoms with E-state index in [0.29, 0.717) is 31.7 Å². The van der Waals surface area contributed by atoms with Gasteiger partial charge in [0.2, 0.25) is 5.91 Å². The highest BCUT2D eigenvalue weighted by Gasteiger charge is 2.43. The van der Waals surface area contributed by atoms with Gasteiger partial charge in [0.15, 0.2) is 0 Å². The predicted molar refractivity (Wildman–Crippen MR) is 92.8 cm³/mol. The fourth-order valence-electron chi connectivity index (χ4n) is 3.52. The molecule has 0 N–H and O–H groups in total. The third-order valence-corrected chi connectivity index (χ3v) is 5.16. The molecule has 2 aliphatic heterocycles. The van der Waals surface area contributed by atoms with Crippen LogP contribution in [0.5, 0.6) is 0 Å². The number of ether oxygens (including phenoxy) is 1. The molecular formula is C19H25FN2O3. The summed E-state index contributed by atoms with van der Waals surface area (Å²) >= 11 is 0. The molecule has 0 radical (unpaired) electrons. The van der Waals surface area contributed by atoms with E-state index in [0.717, 1.165) is 25.7 Å². The molecule has 3 rings (SSSR count). The number of anilines is 1. The van der Waals surface area contributed by atoms with Crippen LogP contribution in [0.3, 0.4) is 0 Å². The Kier molecular flexibility index (Phi) is 5.37. The Labute approximate surface area is 147 Å². The van der Waals surface area contributed by atoms with Crippen molar-refractivity contribution < 1.29 is 18.7 Å². The van der Waals surface area contributed by atoms with E-state index in [1.54, 1.807) is 17.0 Å². The van der Waals surface area contributed by atoms with Gasteiger partial charge in [-0.3, -0.25) is 9.59 Å². The monoisotopic (exact) mass is 348 g/mol. The average Bonchev–Trinajstić information content (AvgIpc) is 2.63. The molecule has 5 nitrogen and oxygen atoms in total. The molecule has 2 aliphatic rings. The molecule has 1 spiro atoms. The highest BCUT2D eigenvalue weighted by atomic mass is 19.1. The number of likely N-dealkylation sites (tertiary alicyclic amines) is 1. The maximum Gasteiger partial charge on any atom is 0.253 e. The van der Waals surface area contributed by atoms with Crippen LogP contribution in [0.4, 0.5) is 10.1 Å². The van der Waals surface area contributed by atoms with Gasteiger partial charge in [-0.25, -0.2) is 4.39 Å². The molecule has 2 saturated heterocycles. The summed E-state index contributed by atoms with van der Waals surface area (Å²) in [4.78, 5) is 28.0. The summed E-state index contributed by atoms with van der Waals surface area (Å²) in [5.74, 6) is -0.226. The lowest BCUT2D eigenvalue weighted by atomic mass is 9.88. The number of morpholine rings is 1. The van der Waals surface area contributed by atoms with E-state index >= 15 is 0 Å². The van der Waals surface area contributed by atoms with Crippen molar-refractivity contribution in [1.82, 2.24) is 4.90 Å². The minimum absolute atomic E-state index is 0.0289. The van der Waals surface area contributed by atoms with Gasteiger partial charge in [0.05, 0.1) is 12.1 Å². The molecule has 0 aliphatic carbocycles. The highest BCUT2D eigenvalue weighted by molar-refractivity contribution is 5.95. The van der Waals surface area contributed by atoms with E-state index < -0.39 is 5.60 Å². The standard InChI is InChI=1S/C19H25FN2O3/c1-2-3-4-17(23)21-11-9-19(10-12-21)14-22(18(24)13-25-19)16-7-5-15(20)6-8-16/h5-8H,2-4,9-14H2,1H3. The summed E-state index contributed by atoms with van der Waals surface area (Å²) in [5.41, 5.74) is 0.277. The summed E-state index contributed by atoms with van der Waals surface area (Å²) < 4.78 is 19.0. The fourth-order valence-corrected chi connectivity index (χ4v) is 3.52. The van der Waals surface area contributed by atoms with Gasteiger partial charge in [0, 0.05) is 25.2 Å². The molecule has 1 aromatic rings. The summed E-state index contributed by atoms with van der Waals surface area (Å²) in [7, 11) is 0. The summed E-state index contributed by atoms with van der Waals surface area (Å²) in [6.45, 7) is 3.88.